The summed E-state index contributed by atoms with van der Waals surface area (Å²) in [6.45, 7) is 3.67. The van der Waals surface area contributed by atoms with Crippen LogP contribution < -0.4 is 0 Å². The Morgan fingerprint density at radius 2 is 1.48 bits per heavy atom. The summed E-state index contributed by atoms with van der Waals surface area (Å²) >= 11 is 0. The molecule has 2 aromatic carbocycles. The van der Waals surface area contributed by atoms with E-state index in [4.69, 9.17) is 5.11 Å². The predicted octanol–water partition coefficient (Wildman–Crippen LogP) is 3.51. The molecule has 3 nitrogen and oxygen atoms in total. The van der Waals surface area contributed by atoms with E-state index in [9.17, 15) is 18.4 Å². The summed E-state index contributed by atoms with van der Waals surface area (Å²) in [4.78, 5) is 23.4. The molecule has 108 valence electrons. The molecule has 21 heavy (non-hydrogen) atoms. The number of carbonyl (C=O) groups excluding carboxylic acids is 1. The zero-order valence-electron chi connectivity index (χ0n) is 11.4. The van der Waals surface area contributed by atoms with Gasteiger partial charge in [0.2, 0.25) is 0 Å². The molecule has 1 N–H and O–H groups in total. The lowest BCUT2D eigenvalue weighted by Crippen LogP contribution is -2.11. The molecule has 0 aliphatic carbocycles. The largest absolute Gasteiger partial charge is 0.478 e. The number of rotatable bonds is 3. The minimum absolute atomic E-state index is 0.228. The van der Waals surface area contributed by atoms with E-state index in [1.54, 1.807) is 19.1 Å². The summed E-state index contributed by atoms with van der Waals surface area (Å²) in [5, 5.41) is 9.03. The van der Waals surface area contributed by atoms with Crippen molar-refractivity contribution in [1.29, 1.82) is 0 Å². The van der Waals surface area contributed by atoms with Crippen LogP contribution in [0, 0.1) is 25.5 Å². The minimum atomic E-state index is -1.49. The molecule has 0 unspecified atom stereocenters. The van der Waals surface area contributed by atoms with Crippen LogP contribution in [0.4, 0.5) is 8.78 Å². The number of benzene rings is 2. The number of carboxylic acids is 1. The van der Waals surface area contributed by atoms with Gasteiger partial charge in [0.15, 0.2) is 17.4 Å². The van der Waals surface area contributed by atoms with Crippen molar-refractivity contribution in [2.75, 3.05) is 0 Å². The lowest BCUT2D eigenvalue weighted by molar-refractivity contribution is 0.0692. The molecular formula is C16H12F2O3. The molecule has 5 heteroatoms. The van der Waals surface area contributed by atoms with Gasteiger partial charge in [0.25, 0.3) is 0 Å². The first-order valence-electron chi connectivity index (χ1n) is 6.15. The van der Waals surface area contributed by atoms with Gasteiger partial charge in [-0.2, -0.15) is 0 Å². The number of hydrogen-bond acceptors (Lipinski definition) is 2. The SMILES string of the molecule is Cc1ccc(C(=O)c2cc(F)c(F)cc2C(=O)O)cc1C. The molecule has 0 amide bonds. The van der Waals surface area contributed by atoms with Crippen molar-refractivity contribution in [3.63, 3.8) is 0 Å². The summed E-state index contributed by atoms with van der Waals surface area (Å²) in [6, 6.07) is 5.97. The Hall–Kier alpha value is -2.56. The molecule has 2 aromatic rings. The fourth-order valence-corrected chi connectivity index (χ4v) is 1.95. The fourth-order valence-electron chi connectivity index (χ4n) is 1.95. The minimum Gasteiger partial charge on any atom is -0.478 e. The third-order valence-electron chi connectivity index (χ3n) is 3.30. The van der Waals surface area contributed by atoms with Gasteiger partial charge in [0.1, 0.15) is 0 Å². The van der Waals surface area contributed by atoms with Crippen molar-refractivity contribution in [3.8, 4) is 0 Å². The Bertz CT molecular complexity index is 751. The summed E-state index contributed by atoms with van der Waals surface area (Å²) in [5.74, 6) is -4.70. The molecule has 0 radical (unpaired) electrons. The summed E-state index contributed by atoms with van der Waals surface area (Å²) in [7, 11) is 0. The smallest absolute Gasteiger partial charge is 0.336 e. The van der Waals surface area contributed by atoms with E-state index >= 15 is 0 Å². The van der Waals surface area contributed by atoms with E-state index in [2.05, 4.69) is 0 Å². The van der Waals surface area contributed by atoms with Gasteiger partial charge in [-0.25, -0.2) is 13.6 Å². The summed E-state index contributed by atoms with van der Waals surface area (Å²) in [6.07, 6.45) is 0. The first kappa shape index (κ1) is 14.8. The number of ketones is 1. The van der Waals surface area contributed by atoms with Crippen LogP contribution in [-0.2, 0) is 0 Å². The monoisotopic (exact) mass is 290 g/mol. The predicted molar refractivity (Wildman–Crippen MR) is 72.7 cm³/mol. The van der Waals surface area contributed by atoms with Crippen molar-refractivity contribution >= 4 is 11.8 Å². The van der Waals surface area contributed by atoms with Gasteiger partial charge >= 0.3 is 5.97 Å². The van der Waals surface area contributed by atoms with Gasteiger partial charge in [-0.15, -0.1) is 0 Å². The van der Waals surface area contributed by atoms with E-state index in [0.29, 0.717) is 12.1 Å². The highest BCUT2D eigenvalue weighted by Gasteiger charge is 2.21. The van der Waals surface area contributed by atoms with Crippen molar-refractivity contribution in [2.45, 2.75) is 13.8 Å². The third-order valence-corrected chi connectivity index (χ3v) is 3.30. The van der Waals surface area contributed by atoms with Crippen LogP contribution in [0.3, 0.4) is 0 Å². The second kappa shape index (κ2) is 5.44. The average Bonchev–Trinajstić information content (AvgIpc) is 2.43. The highest BCUT2D eigenvalue weighted by Crippen LogP contribution is 2.20. The van der Waals surface area contributed by atoms with Crippen LogP contribution in [0.1, 0.15) is 37.4 Å². The zero-order chi connectivity index (χ0) is 15.7. The van der Waals surface area contributed by atoms with Gasteiger partial charge in [-0.05, 0) is 43.2 Å². The number of hydrogen-bond donors (Lipinski definition) is 1. The highest BCUT2D eigenvalue weighted by molar-refractivity contribution is 6.14. The maximum absolute atomic E-state index is 13.3. The fraction of sp³-hybridized carbons (Fsp3) is 0.125. The van der Waals surface area contributed by atoms with Crippen molar-refractivity contribution in [3.05, 3.63) is 69.8 Å². The standard InChI is InChI=1S/C16H12F2O3/c1-8-3-4-10(5-9(8)2)15(19)11-6-13(17)14(18)7-12(11)16(20)21/h3-7H,1-2H3,(H,20,21). The normalized spacial score (nSPS) is 10.5. The molecule has 0 saturated carbocycles. The number of aryl methyl sites for hydroxylation is 2. The number of aromatic carboxylic acids is 1. The lowest BCUT2D eigenvalue weighted by atomic mass is 9.96. The molecular weight excluding hydrogens is 278 g/mol. The quantitative estimate of drug-likeness (QED) is 0.880. The van der Waals surface area contributed by atoms with E-state index in [1.165, 1.54) is 6.07 Å². The average molecular weight is 290 g/mol. The molecule has 0 atom stereocenters. The number of carboxylic acid groups (broad SMARTS) is 1. The third kappa shape index (κ3) is 2.81. The Morgan fingerprint density at radius 3 is 2.00 bits per heavy atom. The zero-order valence-corrected chi connectivity index (χ0v) is 11.4. The Labute approximate surface area is 119 Å². The molecule has 0 aromatic heterocycles. The van der Waals surface area contributed by atoms with Crippen LogP contribution in [0.15, 0.2) is 30.3 Å². The van der Waals surface area contributed by atoms with Gasteiger partial charge < -0.3 is 5.11 Å². The second-order valence-corrected chi connectivity index (χ2v) is 4.75. The second-order valence-electron chi connectivity index (χ2n) is 4.75. The van der Waals surface area contributed by atoms with E-state index < -0.39 is 29.0 Å². The molecule has 0 aliphatic heterocycles. The highest BCUT2D eigenvalue weighted by atomic mass is 19.2. The maximum Gasteiger partial charge on any atom is 0.336 e. The van der Waals surface area contributed by atoms with Gasteiger partial charge in [-0.3, -0.25) is 4.79 Å². The molecule has 0 spiro atoms. The molecule has 2 rings (SSSR count). The number of halogens is 2. The van der Waals surface area contributed by atoms with Gasteiger partial charge in [-0.1, -0.05) is 12.1 Å². The van der Waals surface area contributed by atoms with Crippen LogP contribution in [0.25, 0.3) is 0 Å². The van der Waals surface area contributed by atoms with Crippen LogP contribution in [0.5, 0.6) is 0 Å². The lowest BCUT2D eigenvalue weighted by Gasteiger charge is -2.08. The van der Waals surface area contributed by atoms with Gasteiger partial charge in [0, 0.05) is 11.1 Å². The maximum atomic E-state index is 13.3. The van der Waals surface area contributed by atoms with E-state index in [1.807, 2.05) is 6.92 Å². The Morgan fingerprint density at radius 1 is 0.905 bits per heavy atom. The Balaban J connectivity index is 2.59. The first-order chi connectivity index (χ1) is 9.81. The number of carbonyl (C=O) groups is 2. The first-order valence-corrected chi connectivity index (χ1v) is 6.15. The van der Waals surface area contributed by atoms with Crippen molar-refractivity contribution in [1.82, 2.24) is 0 Å². The van der Waals surface area contributed by atoms with Crippen LogP contribution >= 0.6 is 0 Å². The topological polar surface area (TPSA) is 54.4 Å². The van der Waals surface area contributed by atoms with Crippen LogP contribution in [0.2, 0.25) is 0 Å². The summed E-state index contributed by atoms with van der Waals surface area (Å²) in [5.41, 5.74) is 1.11. The van der Waals surface area contributed by atoms with Gasteiger partial charge in [0.05, 0.1) is 5.56 Å². The molecule has 0 bridgehead atoms. The molecule has 0 aliphatic rings. The molecule has 0 heterocycles. The Kier molecular flexibility index (Phi) is 3.84. The van der Waals surface area contributed by atoms with E-state index in [0.717, 1.165) is 11.1 Å². The van der Waals surface area contributed by atoms with E-state index in [-0.39, 0.29) is 11.1 Å². The van der Waals surface area contributed by atoms with Crippen molar-refractivity contribution in [2.24, 2.45) is 0 Å². The summed E-state index contributed by atoms with van der Waals surface area (Å²) < 4.78 is 26.5. The van der Waals surface area contributed by atoms with Crippen LogP contribution in [-0.4, -0.2) is 16.9 Å². The molecule has 0 fully saturated rings. The molecule has 0 saturated heterocycles. The van der Waals surface area contributed by atoms with Crippen molar-refractivity contribution < 1.29 is 23.5 Å².